The van der Waals surface area contributed by atoms with Crippen LogP contribution in [-0.4, -0.2) is 17.9 Å². The Bertz CT molecular complexity index is 901. The van der Waals surface area contributed by atoms with Gasteiger partial charge in [-0.1, -0.05) is 12.1 Å². The molecule has 0 bridgehead atoms. The number of anilines is 1. The van der Waals surface area contributed by atoms with Crippen molar-refractivity contribution in [3.63, 3.8) is 0 Å². The number of hydrogen-bond acceptors (Lipinski definition) is 3. The van der Waals surface area contributed by atoms with E-state index >= 15 is 0 Å². The van der Waals surface area contributed by atoms with Crippen LogP contribution >= 0.6 is 0 Å². The monoisotopic (exact) mass is 296 g/mol. The third-order valence-corrected chi connectivity index (χ3v) is 4.05. The second-order valence-electron chi connectivity index (χ2n) is 5.47. The van der Waals surface area contributed by atoms with E-state index in [0.29, 0.717) is 12.2 Å². The molecule has 0 saturated carbocycles. The quantitative estimate of drug-likeness (QED) is 0.704. The van der Waals surface area contributed by atoms with Crippen molar-refractivity contribution in [1.29, 1.82) is 0 Å². The number of rotatable bonds is 3. The average Bonchev–Trinajstić information content (AvgIpc) is 2.97. The molecule has 0 atom stereocenters. The van der Waals surface area contributed by atoms with Crippen molar-refractivity contribution >= 4 is 23.2 Å². The van der Waals surface area contributed by atoms with Crippen LogP contribution in [-0.2, 0) is 6.54 Å². The first-order valence-electron chi connectivity index (χ1n) is 7.24. The van der Waals surface area contributed by atoms with Crippen molar-refractivity contribution in [1.82, 2.24) is 0 Å². The topological polar surface area (TPSA) is 58.6 Å². The smallest absolute Gasteiger partial charge is 0.257 e. The summed E-state index contributed by atoms with van der Waals surface area (Å²) >= 11 is 0. The number of aromatic hydroxyl groups is 1. The Labute approximate surface area is 126 Å². The molecule has 4 nitrogen and oxygen atoms in total. The van der Waals surface area contributed by atoms with Gasteiger partial charge in [-0.2, -0.15) is 0 Å². The van der Waals surface area contributed by atoms with Gasteiger partial charge in [0.05, 0.1) is 16.3 Å². The van der Waals surface area contributed by atoms with Crippen molar-refractivity contribution in [3.05, 3.63) is 52.3 Å². The molecule has 2 aromatic carbocycles. The van der Waals surface area contributed by atoms with E-state index in [1.165, 1.54) is 17.7 Å². The molecule has 22 heavy (non-hydrogen) atoms. The molecular weight excluding hydrogens is 281 g/mol. The fraction of sp³-hybridized carbons (Fsp3) is 0.176. The van der Waals surface area contributed by atoms with Gasteiger partial charge in [0.25, 0.3) is 5.69 Å². The molecule has 5 heteroatoms. The van der Waals surface area contributed by atoms with Crippen LogP contribution < -0.4 is 20.9 Å². The Morgan fingerprint density at radius 1 is 1.27 bits per heavy atom. The number of halogens is 1. The number of hydrogen-bond donors (Lipinski definition) is 3. The van der Waals surface area contributed by atoms with Gasteiger partial charge in [0.1, 0.15) is 5.82 Å². The summed E-state index contributed by atoms with van der Waals surface area (Å²) in [6, 6.07) is 8.17. The molecular formula is C17H15FN3O+. The van der Waals surface area contributed by atoms with Crippen LogP contribution in [0.4, 0.5) is 15.8 Å². The lowest BCUT2D eigenvalue weighted by atomic mass is 10.1. The van der Waals surface area contributed by atoms with E-state index in [2.05, 4.69) is 15.3 Å². The number of phenolic OH excluding ortho intramolecular Hbond substituents is 1. The van der Waals surface area contributed by atoms with E-state index in [9.17, 15) is 9.50 Å². The first kappa shape index (κ1) is 13.0. The molecule has 0 unspecified atom stereocenters. The van der Waals surface area contributed by atoms with Gasteiger partial charge in [-0.05, 0) is 30.2 Å². The molecule has 2 aromatic rings. The second kappa shape index (κ2) is 4.94. The molecule has 0 aliphatic carbocycles. The zero-order valence-corrected chi connectivity index (χ0v) is 11.9. The largest absolute Gasteiger partial charge is 0.501 e. The summed E-state index contributed by atoms with van der Waals surface area (Å²) in [6.45, 7) is 1.27. The maximum atomic E-state index is 12.9. The Balaban J connectivity index is 1.70. The minimum Gasteiger partial charge on any atom is -0.501 e. The molecule has 110 valence electrons. The van der Waals surface area contributed by atoms with Crippen LogP contribution in [0, 0.1) is 5.82 Å². The van der Waals surface area contributed by atoms with Crippen LogP contribution in [0.25, 0.3) is 5.57 Å². The van der Waals surface area contributed by atoms with Gasteiger partial charge < -0.3 is 10.4 Å². The molecule has 0 fully saturated rings. The lowest BCUT2D eigenvalue weighted by Gasteiger charge is -2.10. The highest BCUT2D eigenvalue weighted by molar-refractivity contribution is 6.02. The van der Waals surface area contributed by atoms with Crippen LogP contribution in [0.3, 0.4) is 0 Å². The molecule has 0 saturated heterocycles. The van der Waals surface area contributed by atoms with Crippen molar-refractivity contribution in [2.75, 3.05) is 11.9 Å². The highest BCUT2D eigenvalue weighted by Crippen LogP contribution is 2.26. The van der Waals surface area contributed by atoms with Crippen molar-refractivity contribution < 1.29 is 14.5 Å². The maximum Gasteiger partial charge on any atom is 0.257 e. The summed E-state index contributed by atoms with van der Waals surface area (Å²) in [4.78, 5) is 7.67. The summed E-state index contributed by atoms with van der Waals surface area (Å²) in [5.41, 5.74) is 3.49. The molecule has 0 aromatic heterocycles. The third kappa shape index (κ3) is 2.06. The van der Waals surface area contributed by atoms with E-state index in [4.69, 9.17) is 0 Å². The van der Waals surface area contributed by atoms with Gasteiger partial charge in [-0.3, -0.25) is 4.99 Å². The van der Waals surface area contributed by atoms with E-state index in [0.717, 1.165) is 34.8 Å². The second-order valence-corrected chi connectivity index (χ2v) is 5.47. The van der Waals surface area contributed by atoms with Gasteiger partial charge >= 0.3 is 0 Å². The zero-order valence-electron chi connectivity index (χ0n) is 11.9. The van der Waals surface area contributed by atoms with E-state index < -0.39 is 0 Å². The van der Waals surface area contributed by atoms with Gasteiger partial charge in [-0.15, -0.1) is 0 Å². The van der Waals surface area contributed by atoms with Crippen molar-refractivity contribution in [2.24, 2.45) is 4.99 Å². The SMILES string of the molecule is Oc1c(NCc2ccc(F)cc2)cc2c3c1[NH+]=CC=3CCN=2. The summed E-state index contributed by atoms with van der Waals surface area (Å²) in [5, 5.41) is 15.5. The molecule has 0 spiro atoms. The van der Waals surface area contributed by atoms with Crippen LogP contribution in [0.1, 0.15) is 12.0 Å². The Kier molecular flexibility index (Phi) is 2.92. The third-order valence-electron chi connectivity index (χ3n) is 4.05. The molecule has 2 aliphatic heterocycles. The fourth-order valence-electron chi connectivity index (χ4n) is 2.91. The number of benzene rings is 2. The summed E-state index contributed by atoms with van der Waals surface area (Å²) in [7, 11) is 0. The highest BCUT2D eigenvalue weighted by Gasteiger charge is 2.24. The lowest BCUT2D eigenvalue weighted by molar-refractivity contribution is -0.345. The predicted octanol–water partition coefficient (Wildman–Crippen LogP) is 0.114. The lowest BCUT2D eigenvalue weighted by Crippen LogP contribution is -2.61. The normalized spacial score (nSPS) is 14.7. The Morgan fingerprint density at radius 3 is 2.91 bits per heavy atom. The van der Waals surface area contributed by atoms with Gasteiger partial charge in [0, 0.05) is 18.7 Å². The van der Waals surface area contributed by atoms with Crippen LogP contribution in [0.2, 0.25) is 0 Å². The predicted molar refractivity (Wildman–Crippen MR) is 82.2 cm³/mol. The maximum absolute atomic E-state index is 12.9. The minimum atomic E-state index is -0.254. The van der Waals surface area contributed by atoms with Crippen LogP contribution in [0.15, 0.2) is 35.3 Å². The van der Waals surface area contributed by atoms with Gasteiger partial charge in [-0.25, -0.2) is 9.38 Å². The van der Waals surface area contributed by atoms with E-state index in [-0.39, 0.29) is 11.6 Å². The average molecular weight is 296 g/mol. The molecule has 0 radical (unpaired) electrons. The van der Waals surface area contributed by atoms with E-state index in [1.807, 2.05) is 12.3 Å². The van der Waals surface area contributed by atoms with Gasteiger partial charge in [0.15, 0.2) is 6.21 Å². The first-order valence-corrected chi connectivity index (χ1v) is 7.24. The Morgan fingerprint density at radius 2 is 2.09 bits per heavy atom. The summed E-state index contributed by atoms with van der Waals surface area (Å²) < 4.78 is 12.9. The molecule has 0 amide bonds. The Hall–Kier alpha value is -2.69. The molecule has 3 N–H and O–H groups in total. The summed E-state index contributed by atoms with van der Waals surface area (Å²) in [5.74, 6) is -0.0561. The van der Waals surface area contributed by atoms with Gasteiger partial charge in [0.2, 0.25) is 5.75 Å². The summed E-state index contributed by atoms with van der Waals surface area (Å²) in [6.07, 6.45) is 2.83. The van der Waals surface area contributed by atoms with Crippen LogP contribution in [0.5, 0.6) is 5.75 Å². The molecule has 4 rings (SSSR count). The van der Waals surface area contributed by atoms with E-state index in [1.54, 1.807) is 12.1 Å². The highest BCUT2D eigenvalue weighted by atomic mass is 19.1. The number of nitrogens with one attached hydrogen (secondary N) is 2. The first-order chi connectivity index (χ1) is 10.7. The molecule has 2 aliphatic rings. The zero-order chi connectivity index (χ0) is 15.1. The van der Waals surface area contributed by atoms with Crippen molar-refractivity contribution in [3.8, 4) is 5.75 Å². The minimum absolute atomic E-state index is 0.198. The molecule has 2 heterocycles. The number of nitrogens with zero attached hydrogens (tertiary/aromatic N) is 1. The standard InChI is InChI=1S/C17H14FN3O/c18-12-3-1-10(2-4-12)8-20-14-7-13-15-11(5-6-19-13)9-21-16(15)17(14)22/h1-4,7,9,20,22H,5-6,8H2/p+1. The fourth-order valence-corrected chi connectivity index (χ4v) is 2.91. The van der Waals surface area contributed by atoms with Crippen molar-refractivity contribution in [2.45, 2.75) is 13.0 Å². The number of phenols is 1.